The zero-order chi connectivity index (χ0) is 21.5. The molecule has 0 bridgehead atoms. The summed E-state index contributed by atoms with van der Waals surface area (Å²) in [6.45, 7) is 8.50. The van der Waals surface area contributed by atoms with E-state index in [9.17, 15) is 8.42 Å². The molecule has 2 aliphatic rings. The van der Waals surface area contributed by atoms with Gasteiger partial charge >= 0.3 is 0 Å². The maximum atomic E-state index is 12.8. The van der Waals surface area contributed by atoms with Crippen LogP contribution in [0.25, 0.3) is 0 Å². The molecule has 1 aromatic carbocycles. The average molecular weight is 567 g/mol. The number of benzene rings is 1. The first-order chi connectivity index (χ1) is 14.4. The summed E-state index contributed by atoms with van der Waals surface area (Å²) in [4.78, 5) is 4.69. The third-order valence-corrected chi connectivity index (χ3v) is 7.33. The molecule has 2 fully saturated rings. The molecule has 1 aromatic rings. The van der Waals surface area contributed by atoms with Gasteiger partial charge in [0.05, 0.1) is 31.1 Å². The van der Waals surface area contributed by atoms with Crippen LogP contribution in [0.4, 0.5) is 0 Å². The smallest absolute Gasteiger partial charge is 0.218 e. The lowest BCUT2D eigenvalue weighted by Gasteiger charge is -2.26. The third kappa shape index (κ3) is 7.85. The van der Waals surface area contributed by atoms with Gasteiger partial charge in [0.15, 0.2) is 5.96 Å². The van der Waals surface area contributed by atoms with Gasteiger partial charge in [0, 0.05) is 32.8 Å². The molecular weight excluding hydrogens is 531 g/mol. The third-order valence-electron chi connectivity index (χ3n) is 5.50. The number of aliphatic imine (C=N–C) groups is 1. The van der Waals surface area contributed by atoms with Crippen molar-refractivity contribution in [2.45, 2.75) is 44.6 Å². The first-order valence-corrected chi connectivity index (χ1v) is 12.3. The molecule has 2 N–H and O–H groups in total. The Morgan fingerprint density at radius 1 is 1.16 bits per heavy atom. The topological polar surface area (TPSA) is 92.3 Å². The van der Waals surface area contributed by atoms with Crippen LogP contribution in [-0.4, -0.2) is 70.3 Å². The molecule has 0 spiro atoms. The highest BCUT2D eigenvalue weighted by Crippen LogP contribution is 2.24. The van der Waals surface area contributed by atoms with Crippen molar-refractivity contribution < 1.29 is 17.9 Å². The number of hydrogen-bond acceptors (Lipinski definition) is 5. The summed E-state index contributed by atoms with van der Waals surface area (Å²) >= 11 is 0. The predicted octanol–water partition coefficient (Wildman–Crippen LogP) is 2.09. The highest BCUT2D eigenvalue weighted by Gasteiger charge is 2.29. The van der Waals surface area contributed by atoms with Crippen molar-refractivity contribution in [2.75, 3.05) is 46.0 Å². The van der Waals surface area contributed by atoms with Crippen LogP contribution >= 0.6 is 24.0 Å². The van der Waals surface area contributed by atoms with Crippen LogP contribution in [0.1, 0.15) is 37.8 Å². The molecule has 0 saturated carbocycles. The molecular formula is C21H35IN4O4S. The lowest BCUT2D eigenvalue weighted by Crippen LogP contribution is -2.45. The van der Waals surface area contributed by atoms with Crippen LogP contribution in [0.5, 0.6) is 0 Å². The second-order valence-electron chi connectivity index (χ2n) is 7.99. The first-order valence-electron chi connectivity index (χ1n) is 10.7. The Kier molecular flexibility index (Phi) is 10.5. The molecule has 0 amide bonds. The first kappa shape index (κ1) is 26.3. The molecule has 3 rings (SSSR count). The number of ether oxygens (including phenoxy) is 2. The van der Waals surface area contributed by atoms with Crippen molar-refractivity contribution in [2.24, 2.45) is 4.99 Å². The van der Waals surface area contributed by atoms with Gasteiger partial charge in [0.1, 0.15) is 0 Å². The second kappa shape index (κ2) is 12.3. The lowest BCUT2D eigenvalue weighted by molar-refractivity contribution is 0.0243. The van der Waals surface area contributed by atoms with Crippen LogP contribution in [0.15, 0.2) is 29.3 Å². The number of morpholine rings is 1. The van der Waals surface area contributed by atoms with E-state index in [1.807, 2.05) is 31.2 Å². The van der Waals surface area contributed by atoms with Crippen molar-refractivity contribution in [1.29, 1.82) is 0 Å². The molecule has 8 nitrogen and oxygen atoms in total. The van der Waals surface area contributed by atoms with Gasteiger partial charge in [-0.2, -0.15) is 4.31 Å². The molecule has 2 saturated heterocycles. The van der Waals surface area contributed by atoms with E-state index in [0.717, 1.165) is 37.1 Å². The van der Waals surface area contributed by atoms with Crippen molar-refractivity contribution in [1.82, 2.24) is 14.9 Å². The van der Waals surface area contributed by atoms with E-state index in [2.05, 4.69) is 22.5 Å². The van der Waals surface area contributed by atoms with Crippen molar-refractivity contribution >= 4 is 40.0 Å². The van der Waals surface area contributed by atoms with Gasteiger partial charge in [-0.3, -0.25) is 0 Å². The number of sulfonamides is 1. The summed E-state index contributed by atoms with van der Waals surface area (Å²) in [6.07, 6.45) is 2.11. The summed E-state index contributed by atoms with van der Waals surface area (Å²) in [5.74, 6) is 0.689. The molecule has 0 radical (unpaired) electrons. The summed E-state index contributed by atoms with van der Waals surface area (Å²) in [5, 5.41) is 6.62. The van der Waals surface area contributed by atoms with E-state index in [-0.39, 0.29) is 35.3 Å². The van der Waals surface area contributed by atoms with Crippen LogP contribution in [0, 0.1) is 0 Å². The Hall–Kier alpha value is -0.950. The fourth-order valence-electron chi connectivity index (χ4n) is 3.72. The molecule has 1 atom stereocenters. The minimum Gasteiger partial charge on any atom is -0.379 e. The van der Waals surface area contributed by atoms with Gasteiger partial charge < -0.3 is 20.1 Å². The minimum absolute atomic E-state index is 0. The van der Waals surface area contributed by atoms with Crippen LogP contribution < -0.4 is 10.6 Å². The van der Waals surface area contributed by atoms with E-state index < -0.39 is 10.0 Å². The van der Waals surface area contributed by atoms with Gasteiger partial charge in [0.25, 0.3) is 0 Å². The largest absolute Gasteiger partial charge is 0.379 e. The summed E-state index contributed by atoms with van der Waals surface area (Å²) in [7, 11) is -3.38. The van der Waals surface area contributed by atoms with Crippen molar-refractivity contribution in [3.8, 4) is 0 Å². The Bertz CT molecular complexity index is 822. The van der Waals surface area contributed by atoms with E-state index in [0.29, 0.717) is 45.4 Å². The molecule has 10 heteroatoms. The maximum Gasteiger partial charge on any atom is 0.218 e. The minimum atomic E-state index is -3.38. The fourth-order valence-corrected chi connectivity index (χ4v) is 5.28. The number of hydrogen-bond donors (Lipinski definition) is 2. The van der Waals surface area contributed by atoms with E-state index in [1.54, 1.807) is 0 Å². The number of halogens is 1. The lowest BCUT2D eigenvalue weighted by atomic mass is 10.0. The molecule has 0 aliphatic carbocycles. The standard InChI is InChI=1S/C21H34N4O4S.HI/c1-3-22-20(24-17-21(2)9-6-12-29-21)23-15-18-7-4-5-8-19(18)16-30(26,27)25-10-13-28-14-11-25;/h4-5,7-8H,3,6,9-17H2,1-2H3,(H2,22,23,24);1H. The van der Waals surface area contributed by atoms with Crippen LogP contribution in [0.2, 0.25) is 0 Å². The van der Waals surface area contributed by atoms with Crippen LogP contribution in [0.3, 0.4) is 0 Å². The summed E-state index contributed by atoms with van der Waals surface area (Å²) in [6, 6.07) is 7.61. The van der Waals surface area contributed by atoms with E-state index >= 15 is 0 Å². The number of rotatable bonds is 8. The molecule has 176 valence electrons. The normalized spacial score (nSPS) is 22.7. The molecule has 31 heavy (non-hydrogen) atoms. The predicted molar refractivity (Wildman–Crippen MR) is 133 cm³/mol. The Labute approximate surface area is 203 Å². The Morgan fingerprint density at radius 2 is 1.87 bits per heavy atom. The molecule has 0 aromatic heterocycles. The second-order valence-corrected chi connectivity index (χ2v) is 9.96. The summed E-state index contributed by atoms with van der Waals surface area (Å²) < 4.78 is 38.3. The summed E-state index contributed by atoms with van der Waals surface area (Å²) in [5.41, 5.74) is 1.53. The highest BCUT2D eigenvalue weighted by molar-refractivity contribution is 14.0. The fraction of sp³-hybridized carbons (Fsp3) is 0.667. The van der Waals surface area contributed by atoms with Crippen molar-refractivity contribution in [3.05, 3.63) is 35.4 Å². The number of guanidine groups is 1. The SMILES string of the molecule is CCNC(=NCc1ccccc1CS(=O)(=O)N1CCOCC1)NCC1(C)CCCO1.I. The van der Waals surface area contributed by atoms with Crippen LogP contribution in [-0.2, 0) is 31.8 Å². The van der Waals surface area contributed by atoms with Gasteiger partial charge in [-0.15, -0.1) is 24.0 Å². The quantitative estimate of drug-likeness (QED) is 0.285. The Morgan fingerprint density at radius 3 is 2.52 bits per heavy atom. The highest BCUT2D eigenvalue weighted by atomic mass is 127. The average Bonchev–Trinajstić information content (AvgIpc) is 3.18. The van der Waals surface area contributed by atoms with Gasteiger partial charge in [-0.25, -0.2) is 13.4 Å². The number of nitrogens with zero attached hydrogens (tertiary/aromatic N) is 2. The van der Waals surface area contributed by atoms with Crippen molar-refractivity contribution in [3.63, 3.8) is 0 Å². The zero-order valence-corrected chi connectivity index (χ0v) is 21.6. The molecule has 1 unspecified atom stereocenters. The molecule has 2 heterocycles. The Balaban J connectivity index is 0.00000341. The number of nitrogens with one attached hydrogen (secondary N) is 2. The van der Waals surface area contributed by atoms with E-state index in [4.69, 9.17) is 9.47 Å². The van der Waals surface area contributed by atoms with Gasteiger partial charge in [0.2, 0.25) is 10.0 Å². The maximum absolute atomic E-state index is 12.8. The van der Waals surface area contributed by atoms with E-state index in [1.165, 1.54) is 4.31 Å². The van der Waals surface area contributed by atoms with Gasteiger partial charge in [-0.1, -0.05) is 24.3 Å². The van der Waals surface area contributed by atoms with Gasteiger partial charge in [-0.05, 0) is 37.8 Å². The molecule has 2 aliphatic heterocycles. The zero-order valence-electron chi connectivity index (χ0n) is 18.4. The monoisotopic (exact) mass is 566 g/mol.